The van der Waals surface area contributed by atoms with Crippen LogP contribution in [0.3, 0.4) is 0 Å². The van der Waals surface area contributed by atoms with Gasteiger partial charge in [-0.15, -0.1) is 0 Å². The third-order valence-corrected chi connectivity index (χ3v) is 4.26. The van der Waals surface area contributed by atoms with Crippen LogP contribution in [0.15, 0.2) is 30.5 Å². The molecule has 144 valence electrons. The second kappa shape index (κ2) is 9.23. The fourth-order valence-electron chi connectivity index (χ4n) is 2.25. The number of pyridine rings is 1. The van der Waals surface area contributed by atoms with Gasteiger partial charge in [-0.3, -0.25) is 14.6 Å². The Balaban J connectivity index is 2.24. The number of carbonyl (C=O) groups excluding carboxylic acids is 2. The summed E-state index contributed by atoms with van der Waals surface area (Å²) in [5, 5.41) is 5.91. The summed E-state index contributed by atoms with van der Waals surface area (Å²) in [6.07, 6.45) is 2.21. The summed E-state index contributed by atoms with van der Waals surface area (Å²) in [6.45, 7) is 3.87. The van der Waals surface area contributed by atoms with Crippen LogP contribution in [-0.2, 0) is 0 Å². The molecule has 0 spiro atoms. The zero-order valence-electron chi connectivity index (χ0n) is 15.6. The molecule has 2 amide bonds. The number of methoxy groups -OCH3 is 2. The highest BCUT2D eigenvalue weighted by Crippen LogP contribution is 2.36. The average Bonchev–Trinajstić information content (AvgIpc) is 2.68. The number of anilines is 1. The van der Waals surface area contributed by atoms with Crippen molar-refractivity contribution in [2.45, 2.75) is 26.3 Å². The van der Waals surface area contributed by atoms with Gasteiger partial charge in [-0.25, -0.2) is 0 Å². The van der Waals surface area contributed by atoms with Crippen LogP contribution in [0.1, 0.15) is 41.1 Å². The summed E-state index contributed by atoms with van der Waals surface area (Å²) in [5.41, 5.74) is 0.852. The van der Waals surface area contributed by atoms with Crippen LogP contribution in [0.5, 0.6) is 11.5 Å². The van der Waals surface area contributed by atoms with Crippen molar-refractivity contribution >= 4 is 29.1 Å². The van der Waals surface area contributed by atoms with E-state index in [2.05, 4.69) is 15.6 Å². The van der Waals surface area contributed by atoms with E-state index in [4.69, 9.17) is 21.1 Å². The number of carbonyl (C=O) groups is 2. The molecule has 1 heterocycles. The van der Waals surface area contributed by atoms with Gasteiger partial charge in [0, 0.05) is 29.9 Å². The Morgan fingerprint density at radius 3 is 2.48 bits per heavy atom. The summed E-state index contributed by atoms with van der Waals surface area (Å²) in [4.78, 5) is 28.9. The number of amides is 2. The van der Waals surface area contributed by atoms with Gasteiger partial charge in [-0.2, -0.15) is 0 Å². The molecule has 0 saturated carbocycles. The van der Waals surface area contributed by atoms with Crippen molar-refractivity contribution in [2.24, 2.45) is 0 Å². The molecule has 2 N–H and O–H groups in total. The molecule has 0 fully saturated rings. The number of nitrogens with zero attached hydrogens (tertiary/aromatic N) is 1. The summed E-state index contributed by atoms with van der Waals surface area (Å²) in [6, 6.07) is 6.09. The molecule has 2 aromatic rings. The van der Waals surface area contributed by atoms with E-state index in [-0.39, 0.29) is 23.2 Å². The van der Waals surface area contributed by atoms with E-state index in [0.29, 0.717) is 22.2 Å². The predicted octanol–water partition coefficient (Wildman–Crippen LogP) is 3.53. The number of aromatic nitrogens is 1. The van der Waals surface area contributed by atoms with E-state index in [1.54, 1.807) is 12.1 Å². The van der Waals surface area contributed by atoms with E-state index in [1.807, 2.05) is 13.8 Å². The first kappa shape index (κ1) is 20.5. The van der Waals surface area contributed by atoms with Crippen molar-refractivity contribution in [1.82, 2.24) is 10.3 Å². The van der Waals surface area contributed by atoms with Crippen molar-refractivity contribution in [3.05, 3.63) is 46.7 Å². The molecule has 0 aliphatic heterocycles. The minimum atomic E-state index is -0.419. The number of halogens is 1. The predicted molar refractivity (Wildman–Crippen MR) is 104 cm³/mol. The highest BCUT2D eigenvalue weighted by Gasteiger charge is 2.16. The summed E-state index contributed by atoms with van der Waals surface area (Å²) in [7, 11) is 2.95. The average molecular weight is 392 g/mol. The Kier molecular flexibility index (Phi) is 7.01. The van der Waals surface area contributed by atoms with Gasteiger partial charge in [0.05, 0.1) is 24.9 Å². The molecule has 1 aromatic heterocycles. The van der Waals surface area contributed by atoms with Crippen LogP contribution in [0.25, 0.3) is 0 Å². The Morgan fingerprint density at radius 1 is 1.15 bits per heavy atom. The Morgan fingerprint density at radius 2 is 1.85 bits per heavy atom. The monoisotopic (exact) mass is 391 g/mol. The molecule has 7 nitrogen and oxygen atoms in total. The summed E-state index contributed by atoms with van der Waals surface area (Å²) in [5.74, 6) is 0.0384. The highest BCUT2D eigenvalue weighted by atomic mass is 35.5. The van der Waals surface area contributed by atoms with Gasteiger partial charge in [0.2, 0.25) is 0 Å². The van der Waals surface area contributed by atoms with Crippen molar-refractivity contribution < 1.29 is 19.1 Å². The van der Waals surface area contributed by atoms with Gasteiger partial charge in [-0.1, -0.05) is 18.5 Å². The molecule has 0 saturated heterocycles. The van der Waals surface area contributed by atoms with E-state index in [9.17, 15) is 9.59 Å². The Bertz CT molecular complexity index is 842. The first-order valence-corrected chi connectivity index (χ1v) is 8.77. The largest absolute Gasteiger partial charge is 0.495 e. The number of ether oxygens (including phenoxy) is 2. The van der Waals surface area contributed by atoms with Gasteiger partial charge in [0.15, 0.2) is 0 Å². The Hall–Kier alpha value is -2.80. The van der Waals surface area contributed by atoms with Crippen molar-refractivity contribution in [1.29, 1.82) is 0 Å². The van der Waals surface area contributed by atoms with Crippen LogP contribution in [0, 0.1) is 0 Å². The van der Waals surface area contributed by atoms with Crippen LogP contribution in [-0.4, -0.2) is 37.1 Å². The molecule has 0 bridgehead atoms. The van der Waals surface area contributed by atoms with Gasteiger partial charge in [0.1, 0.15) is 17.2 Å². The second-order valence-corrected chi connectivity index (χ2v) is 6.26. The third kappa shape index (κ3) is 5.10. The van der Waals surface area contributed by atoms with Crippen LogP contribution in [0.4, 0.5) is 5.69 Å². The number of hydrogen-bond acceptors (Lipinski definition) is 5. The minimum Gasteiger partial charge on any atom is -0.495 e. The van der Waals surface area contributed by atoms with E-state index >= 15 is 0 Å². The molecular weight excluding hydrogens is 370 g/mol. The van der Waals surface area contributed by atoms with E-state index < -0.39 is 5.91 Å². The second-order valence-electron chi connectivity index (χ2n) is 5.85. The molecule has 1 aromatic carbocycles. The van der Waals surface area contributed by atoms with Gasteiger partial charge in [0.25, 0.3) is 11.8 Å². The molecule has 0 aliphatic carbocycles. The number of rotatable bonds is 7. The van der Waals surface area contributed by atoms with Crippen molar-refractivity contribution in [3.8, 4) is 11.5 Å². The lowest BCUT2D eigenvalue weighted by atomic mass is 10.2. The third-order valence-electron chi connectivity index (χ3n) is 3.97. The number of benzene rings is 1. The van der Waals surface area contributed by atoms with Crippen LogP contribution >= 0.6 is 11.6 Å². The maximum atomic E-state index is 12.6. The molecule has 1 atom stereocenters. The lowest BCUT2D eigenvalue weighted by molar-refractivity contribution is 0.0934. The van der Waals surface area contributed by atoms with Crippen molar-refractivity contribution in [2.75, 3.05) is 19.5 Å². The highest BCUT2D eigenvalue weighted by molar-refractivity contribution is 6.32. The van der Waals surface area contributed by atoms with Gasteiger partial charge < -0.3 is 20.1 Å². The van der Waals surface area contributed by atoms with Gasteiger partial charge in [-0.05, 0) is 25.5 Å². The number of hydrogen-bond donors (Lipinski definition) is 2. The van der Waals surface area contributed by atoms with Crippen LogP contribution in [0.2, 0.25) is 5.02 Å². The zero-order valence-corrected chi connectivity index (χ0v) is 16.4. The molecule has 1 unspecified atom stereocenters. The van der Waals surface area contributed by atoms with Gasteiger partial charge >= 0.3 is 0 Å². The zero-order chi connectivity index (χ0) is 20.0. The summed E-state index contributed by atoms with van der Waals surface area (Å²) < 4.78 is 10.4. The first-order chi connectivity index (χ1) is 12.9. The quantitative estimate of drug-likeness (QED) is 0.753. The SMILES string of the molecule is CCC(C)NC(=O)c1cc(C(=O)Nc2cc(OC)c(Cl)cc2OC)ccn1. The maximum absolute atomic E-state index is 12.6. The van der Waals surface area contributed by atoms with Crippen LogP contribution < -0.4 is 20.1 Å². The minimum absolute atomic E-state index is 0.0163. The lowest BCUT2D eigenvalue weighted by Gasteiger charge is -2.14. The molecule has 0 radical (unpaired) electrons. The topological polar surface area (TPSA) is 89.6 Å². The number of nitrogens with one attached hydrogen (secondary N) is 2. The van der Waals surface area contributed by atoms with E-state index in [1.165, 1.54) is 32.5 Å². The lowest BCUT2D eigenvalue weighted by Crippen LogP contribution is -2.32. The van der Waals surface area contributed by atoms with E-state index in [0.717, 1.165) is 6.42 Å². The Labute approximate surface area is 163 Å². The molecule has 0 aliphatic rings. The van der Waals surface area contributed by atoms with Crippen molar-refractivity contribution in [3.63, 3.8) is 0 Å². The fourth-order valence-corrected chi connectivity index (χ4v) is 2.48. The maximum Gasteiger partial charge on any atom is 0.270 e. The smallest absolute Gasteiger partial charge is 0.270 e. The first-order valence-electron chi connectivity index (χ1n) is 8.39. The summed E-state index contributed by atoms with van der Waals surface area (Å²) >= 11 is 6.07. The standard InChI is InChI=1S/C19H22ClN3O4/c1-5-11(2)22-19(25)15-8-12(6-7-21-15)18(24)23-14-10-16(26-3)13(20)9-17(14)27-4/h6-11H,5H2,1-4H3,(H,22,25)(H,23,24). The molecule has 27 heavy (non-hydrogen) atoms. The fraction of sp³-hybridized carbons (Fsp3) is 0.316. The molecular formula is C19H22ClN3O4. The molecule has 2 rings (SSSR count). The normalized spacial score (nSPS) is 11.4. The molecule has 8 heteroatoms.